The third-order valence-electron chi connectivity index (χ3n) is 5.75. The van der Waals surface area contributed by atoms with Gasteiger partial charge >= 0.3 is 0 Å². The van der Waals surface area contributed by atoms with Gasteiger partial charge in [0.1, 0.15) is 5.25 Å². The normalized spacial score (nSPS) is 31.8. The summed E-state index contributed by atoms with van der Waals surface area (Å²) in [7, 11) is 1.95. The molecule has 1 heterocycles. The molecule has 4 atom stereocenters. The Labute approximate surface area is 158 Å². The fraction of sp³-hybridized carbons (Fsp3) is 0.381. The summed E-state index contributed by atoms with van der Waals surface area (Å²) in [5.74, 6) is 0.204. The van der Waals surface area contributed by atoms with Crippen molar-refractivity contribution < 1.29 is 4.79 Å². The number of carbonyl (C=O) groups excluding carboxylic acids is 1. The first-order valence-corrected chi connectivity index (χ1v) is 10.1. The second-order valence-electron chi connectivity index (χ2n) is 6.97. The first-order valence-electron chi connectivity index (χ1n) is 8.83. The van der Waals surface area contributed by atoms with Crippen LogP contribution in [0.3, 0.4) is 0 Å². The Balaban J connectivity index is 1.86. The number of carbonyl (C=O) groups is 1. The van der Waals surface area contributed by atoms with E-state index in [0.717, 1.165) is 24.2 Å². The lowest BCUT2D eigenvalue weighted by Crippen LogP contribution is -2.54. The van der Waals surface area contributed by atoms with Crippen LogP contribution >= 0.6 is 23.4 Å². The topological polar surface area (TPSA) is 20.3 Å². The van der Waals surface area contributed by atoms with Gasteiger partial charge in [0.25, 0.3) is 0 Å². The third kappa shape index (κ3) is 2.60. The number of amides is 1. The van der Waals surface area contributed by atoms with Crippen LogP contribution in [0.25, 0.3) is 0 Å². The molecule has 1 saturated heterocycles. The average Bonchev–Trinajstić information content (AvgIpc) is 2.87. The number of likely N-dealkylation sites (N-methyl/N-ethyl adjacent to an activating group) is 1. The highest BCUT2D eigenvalue weighted by molar-refractivity contribution is 8.00. The predicted octanol–water partition coefficient (Wildman–Crippen LogP) is 4.72. The van der Waals surface area contributed by atoms with Crippen LogP contribution in [0.1, 0.15) is 24.8 Å². The second kappa shape index (κ2) is 6.69. The first kappa shape index (κ1) is 17.0. The van der Waals surface area contributed by atoms with Crippen molar-refractivity contribution in [2.24, 2.45) is 0 Å². The van der Waals surface area contributed by atoms with Crippen LogP contribution in [0.5, 0.6) is 0 Å². The number of likely N-dealkylation sites (tertiary alicyclic amines) is 1. The zero-order valence-electron chi connectivity index (χ0n) is 14.3. The van der Waals surface area contributed by atoms with Crippen molar-refractivity contribution in [3.05, 3.63) is 66.2 Å². The molecule has 2 aliphatic rings. The molecule has 2 aromatic carbocycles. The maximum Gasteiger partial charge on any atom is 0.237 e. The number of nitrogens with zero attached hydrogens (tertiary/aromatic N) is 1. The van der Waals surface area contributed by atoms with Crippen LogP contribution in [0.4, 0.5) is 0 Å². The van der Waals surface area contributed by atoms with E-state index < -0.39 is 0 Å². The van der Waals surface area contributed by atoms with Crippen molar-refractivity contribution in [2.75, 3.05) is 7.05 Å². The van der Waals surface area contributed by atoms with Crippen LogP contribution in [0.2, 0.25) is 0 Å². The molecule has 0 unspecified atom stereocenters. The molecule has 4 rings (SSSR count). The lowest BCUT2D eigenvalue weighted by atomic mass is 9.65. The fourth-order valence-electron chi connectivity index (χ4n) is 4.61. The van der Waals surface area contributed by atoms with E-state index in [1.54, 1.807) is 11.8 Å². The quantitative estimate of drug-likeness (QED) is 0.728. The molecular formula is C21H22ClNOS. The highest BCUT2D eigenvalue weighted by atomic mass is 35.5. The molecule has 4 heteroatoms. The minimum absolute atomic E-state index is 0.0382. The van der Waals surface area contributed by atoms with Gasteiger partial charge in [-0.25, -0.2) is 0 Å². The maximum atomic E-state index is 13.2. The maximum absolute atomic E-state index is 13.2. The van der Waals surface area contributed by atoms with Crippen molar-refractivity contribution in [3.63, 3.8) is 0 Å². The van der Waals surface area contributed by atoms with Crippen molar-refractivity contribution in [1.82, 2.24) is 4.90 Å². The summed E-state index contributed by atoms with van der Waals surface area (Å²) >= 11 is 8.68. The Bertz CT molecular complexity index is 753. The highest BCUT2D eigenvalue weighted by Gasteiger charge is 2.63. The summed E-state index contributed by atoms with van der Waals surface area (Å²) in [5, 5.41) is -0.223. The van der Waals surface area contributed by atoms with E-state index in [1.807, 2.05) is 36.2 Å². The summed E-state index contributed by atoms with van der Waals surface area (Å²) in [4.78, 5) is 16.3. The molecule has 2 fully saturated rings. The van der Waals surface area contributed by atoms with Crippen LogP contribution in [0, 0.1) is 0 Å². The molecule has 1 saturated carbocycles. The molecule has 1 aliphatic heterocycles. The van der Waals surface area contributed by atoms with Gasteiger partial charge in [-0.3, -0.25) is 4.79 Å². The van der Waals surface area contributed by atoms with Gasteiger partial charge in [-0.15, -0.1) is 23.4 Å². The zero-order chi connectivity index (χ0) is 17.4. The molecule has 2 aromatic rings. The van der Waals surface area contributed by atoms with Gasteiger partial charge in [0.15, 0.2) is 0 Å². The van der Waals surface area contributed by atoms with E-state index in [2.05, 4.69) is 36.4 Å². The van der Waals surface area contributed by atoms with E-state index in [1.165, 1.54) is 5.56 Å². The highest BCUT2D eigenvalue weighted by Crippen LogP contribution is 2.55. The lowest BCUT2D eigenvalue weighted by Gasteiger charge is -2.46. The number of halogens is 1. The number of rotatable bonds is 3. The molecule has 0 spiro atoms. The van der Waals surface area contributed by atoms with E-state index in [-0.39, 0.29) is 28.0 Å². The lowest BCUT2D eigenvalue weighted by molar-refractivity contribution is -0.127. The largest absolute Gasteiger partial charge is 0.341 e. The average molecular weight is 372 g/mol. The van der Waals surface area contributed by atoms with Gasteiger partial charge in [-0.1, -0.05) is 48.5 Å². The fourth-order valence-corrected chi connectivity index (χ4v) is 6.74. The number of hydrogen-bond donors (Lipinski definition) is 0. The summed E-state index contributed by atoms with van der Waals surface area (Å²) < 4.78 is 0. The Morgan fingerprint density at radius 1 is 1.04 bits per heavy atom. The number of fused-ring (bicyclic) bond motifs is 1. The molecule has 0 aromatic heterocycles. The van der Waals surface area contributed by atoms with Gasteiger partial charge in [-0.05, 0) is 37.0 Å². The Kier molecular flexibility index (Phi) is 4.55. The zero-order valence-corrected chi connectivity index (χ0v) is 15.8. The number of thioether (sulfide) groups is 1. The van der Waals surface area contributed by atoms with Gasteiger partial charge in [-0.2, -0.15) is 0 Å². The first-order chi connectivity index (χ1) is 12.2. The number of benzene rings is 2. The van der Waals surface area contributed by atoms with E-state index in [4.69, 9.17) is 11.6 Å². The summed E-state index contributed by atoms with van der Waals surface area (Å²) in [5.41, 5.74) is 0.860. The van der Waals surface area contributed by atoms with Gasteiger partial charge in [0.2, 0.25) is 5.91 Å². The predicted molar refractivity (Wildman–Crippen MR) is 104 cm³/mol. The smallest absolute Gasteiger partial charge is 0.237 e. The monoisotopic (exact) mass is 371 g/mol. The standard InChI is InChI=1S/C21H22ClNOS/c1-23-18-14-8-13-17(22)21(18,15-9-4-2-5-10-15)19(20(23)24)25-16-11-6-3-7-12-16/h2-7,9-12,17-19H,8,13-14H2,1H3/t17-,18+,19+,21-/m1/s1. The number of alkyl halides is 1. The SMILES string of the molecule is CN1C(=O)[C@H](Sc2ccccc2)[C@]2(c3ccccc3)[C@H](Cl)CCC[C@H]12. The molecule has 0 radical (unpaired) electrons. The summed E-state index contributed by atoms with van der Waals surface area (Å²) in [6, 6.07) is 20.8. The minimum Gasteiger partial charge on any atom is -0.341 e. The number of hydrogen-bond acceptors (Lipinski definition) is 2. The molecule has 2 nitrogen and oxygen atoms in total. The van der Waals surface area contributed by atoms with Crippen molar-refractivity contribution >= 4 is 29.3 Å². The molecule has 0 N–H and O–H groups in total. The Hall–Kier alpha value is -1.45. The Morgan fingerprint density at radius 2 is 1.68 bits per heavy atom. The van der Waals surface area contributed by atoms with Crippen molar-refractivity contribution in [2.45, 2.75) is 46.2 Å². The van der Waals surface area contributed by atoms with Gasteiger partial charge in [0.05, 0.1) is 5.41 Å². The van der Waals surface area contributed by atoms with E-state index >= 15 is 0 Å². The molecule has 1 aliphatic carbocycles. The van der Waals surface area contributed by atoms with E-state index in [0.29, 0.717) is 0 Å². The molecular weight excluding hydrogens is 350 g/mol. The molecule has 25 heavy (non-hydrogen) atoms. The van der Waals surface area contributed by atoms with Crippen LogP contribution in [-0.2, 0) is 10.2 Å². The second-order valence-corrected chi connectivity index (χ2v) is 8.68. The molecule has 1 amide bonds. The van der Waals surface area contributed by atoms with Crippen LogP contribution in [-0.4, -0.2) is 34.5 Å². The van der Waals surface area contributed by atoms with Gasteiger partial charge in [0, 0.05) is 23.4 Å². The van der Waals surface area contributed by atoms with Crippen LogP contribution in [0.15, 0.2) is 65.6 Å². The third-order valence-corrected chi connectivity index (χ3v) is 7.70. The van der Waals surface area contributed by atoms with Gasteiger partial charge < -0.3 is 4.90 Å². The molecule has 130 valence electrons. The summed E-state index contributed by atoms with van der Waals surface area (Å²) in [6.07, 6.45) is 3.06. The molecule has 0 bridgehead atoms. The minimum atomic E-state index is -0.340. The van der Waals surface area contributed by atoms with Crippen molar-refractivity contribution in [3.8, 4) is 0 Å². The Morgan fingerprint density at radius 3 is 2.36 bits per heavy atom. The van der Waals surface area contributed by atoms with E-state index in [9.17, 15) is 4.79 Å². The summed E-state index contributed by atoms with van der Waals surface area (Å²) in [6.45, 7) is 0. The van der Waals surface area contributed by atoms with Crippen LogP contribution < -0.4 is 0 Å². The van der Waals surface area contributed by atoms with Crippen molar-refractivity contribution in [1.29, 1.82) is 0 Å².